The molecule has 0 radical (unpaired) electrons. The number of nitrogens with one attached hydrogen (secondary N) is 1. The molecule has 1 aromatic carbocycles. The lowest BCUT2D eigenvalue weighted by Crippen LogP contribution is -2.42. The number of carbonyl (C=O) groups excluding carboxylic acids is 1. The van der Waals surface area contributed by atoms with E-state index in [0.717, 1.165) is 37.4 Å². The molecule has 1 aromatic rings. The summed E-state index contributed by atoms with van der Waals surface area (Å²) in [7, 11) is 1.84. The van der Waals surface area contributed by atoms with Crippen molar-refractivity contribution >= 4 is 11.6 Å². The van der Waals surface area contributed by atoms with Gasteiger partial charge in [0.05, 0.1) is 19.6 Å². The van der Waals surface area contributed by atoms with Crippen molar-refractivity contribution in [2.45, 2.75) is 18.9 Å². The molecule has 1 unspecified atom stereocenters. The summed E-state index contributed by atoms with van der Waals surface area (Å²) >= 11 is 0. The average molecular weight is 246 g/mol. The Hall–Kier alpha value is -1.39. The highest BCUT2D eigenvalue weighted by Gasteiger charge is 2.24. The molecule has 3 rings (SSSR count). The Morgan fingerprint density at radius 2 is 2.39 bits per heavy atom. The van der Waals surface area contributed by atoms with E-state index in [0.29, 0.717) is 12.5 Å². The van der Waals surface area contributed by atoms with Gasteiger partial charge in [-0.25, -0.2) is 0 Å². The Kier molecular flexibility index (Phi) is 3.06. The fraction of sp³-hybridized carbons (Fsp3) is 0.500. The monoisotopic (exact) mass is 246 g/mol. The molecule has 0 saturated carbocycles. The summed E-state index contributed by atoms with van der Waals surface area (Å²) < 4.78 is 5.46. The third-order valence-corrected chi connectivity index (χ3v) is 3.70. The van der Waals surface area contributed by atoms with Crippen molar-refractivity contribution in [1.82, 2.24) is 5.32 Å². The van der Waals surface area contributed by atoms with E-state index in [1.54, 1.807) is 4.90 Å². The fourth-order valence-electron chi connectivity index (χ4n) is 2.69. The number of likely N-dealkylation sites (N-methyl/N-ethyl adjacent to an activating group) is 1. The van der Waals surface area contributed by atoms with Crippen molar-refractivity contribution in [3.63, 3.8) is 0 Å². The van der Waals surface area contributed by atoms with E-state index in [1.165, 1.54) is 5.56 Å². The first-order chi connectivity index (χ1) is 8.74. The van der Waals surface area contributed by atoms with E-state index in [1.807, 2.05) is 7.05 Å². The minimum absolute atomic E-state index is 0.182. The molecular weight excluding hydrogens is 228 g/mol. The van der Waals surface area contributed by atoms with Crippen LogP contribution in [0.5, 0.6) is 0 Å². The van der Waals surface area contributed by atoms with Crippen LogP contribution in [0, 0.1) is 0 Å². The van der Waals surface area contributed by atoms with Gasteiger partial charge in [-0.3, -0.25) is 4.79 Å². The zero-order valence-electron chi connectivity index (χ0n) is 10.6. The molecule has 1 atom stereocenters. The predicted octanol–water partition coefficient (Wildman–Crippen LogP) is 0.736. The molecule has 0 aromatic heterocycles. The molecule has 96 valence electrons. The topological polar surface area (TPSA) is 41.6 Å². The van der Waals surface area contributed by atoms with Crippen LogP contribution < -0.4 is 10.2 Å². The van der Waals surface area contributed by atoms with Gasteiger partial charge >= 0.3 is 0 Å². The van der Waals surface area contributed by atoms with Gasteiger partial charge in [-0.15, -0.1) is 0 Å². The van der Waals surface area contributed by atoms with Crippen LogP contribution >= 0.6 is 0 Å². The molecule has 1 saturated heterocycles. The molecule has 4 heteroatoms. The third-order valence-electron chi connectivity index (χ3n) is 3.70. The summed E-state index contributed by atoms with van der Waals surface area (Å²) in [6.07, 6.45) is 1.50. The smallest absolute Gasteiger partial charge is 0.231 e. The van der Waals surface area contributed by atoms with Crippen molar-refractivity contribution < 1.29 is 9.53 Å². The van der Waals surface area contributed by atoms with Crippen LogP contribution in [0.3, 0.4) is 0 Å². The molecule has 1 amide bonds. The number of rotatable bonds is 2. The molecule has 0 aliphatic carbocycles. The van der Waals surface area contributed by atoms with Gasteiger partial charge in [-0.1, -0.05) is 12.1 Å². The quantitative estimate of drug-likeness (QED) is 0.836. The lowest BCUT2D eigenvalue weighted by Gasteiger charge is -2.24. The van der Waals surface area contributed by atoms with Crippen molar-refractivity contribution in [2.75, 3.05) is 31.7 Å². The molecule has 0 bridgehead atoms. The largest absolute Gasteiger partial charge is 0.379 e. The van der Waals surface area contributed by atoms with E-state index >= 15 is 0 Å². The second kappa shape index (κ2) is 4.71. The number of morpholine rings is 1. The van der Waals surface area contributed by atoms with E-state index in [-0.39, 0.29) is 5.91 Å². The minimum atomic E-state index is 0.182. The number of ether oxygens (including phenoxy) is 1. The maximum absolute atomic E-state index is 11.6. The molecule has 2 heterocycles. The van der Waals surface area contributed by atoms with E-state index in [4.69, 9.17) is 4.74 Å². The molecule has 1 fully saturated rings. The average Bonchev–Trinajstić information content (AvgIpc) is 2.66. The maximum Gasteiger partial charge on any atom is 0.231 e. The Labute approximate surface area is 107 Å². The van der Waals surface area contributed by atoms with Crippen molar-refractivity contribution in [3.8, 4) is 0 Å². The standard InChI is InChI=1S/C14H18N2O2/c1-16-13-3-2-10(6-11(13)8-14(16)17)7-12-9-18-5-4-15-12/h2-3,6,12,15H,4-5,7-9H2,1H3. The SMILES string of the molecule is CN1C(=O)Cc2cc(CC3COCCN3)ccc21. The van der Waals surface area contributed by atoms with Crippen LogP contribution in [-0.2, 0) is 22.4 Å². The van der Waals surface area contributed by atoms with Crippen LogP contribution in [0.1, 0.15) is 11.1 Å². The highest BCUT2D eigenvalue weighted by atomic mass is 16.5. The lowest BCUT2D eigenvalue weighted by molar-refractivity contribution is -0.117. The third kappa shape index (κ3) is 2.13. The van der Waals surface area contributed by atoms with Gasteiger partial charge in [0.15, 0.2) is 0 Å². The summed E-state index contributed by atoms with van der Waals surface area (Å²) in [6.45, 7) is 2.51. The summed E-state index contributed by atoms with van der Waals surface area (Å²) in [5, 5.41) is 3.45. The molecule has 4 nitrogen and oxygen atoms in total. The van der Waals surface area contributed by atoms with Gasteiger partial charge in [0.25, 0.3) is 0 Å². The van der Waals surface area contributed by atoms with Gasteiger partial charge < -0.3 is 15.0 Å². The minimum Gasteiger partial charge on any atom is -0.379 e. The van der Waals surface area contributed by atoms with Crippen LogP contribution in [0.15, 0.2) is 18.2 Å². The van der Waals surface area contributed by atoms with Gasteiger partial charge in [0.1, 0.15) is 0 Å². The van der Waals surface area contributed by atoms with Gasteiger partial charge in [0, 0.05) is 25.3 Å². The second-order valence-corrected chi connectivity index (χ2v) is 5.02. The number of anilines is 1. The Balaban J connectivity index is 1.75. The first-order valence-electron chi connectivity index (χ1n) is 6.43. The fourth-order valence-corrected chi connectivity index (χ4v) is 2.69. The van der Waals surface area contributed by atoms with Gasteiger partial charge in [-0.2, -0.15) is 0 Å². The van der Waals surface area contributed by atoms with Gasteiger partial charge in [-0.05, 0) is 23.6 Å². The molecule has 2 aliphatic rings. The number of nitrogens with zero attached hydrogens (tertiary/aromatic N) is 1. The Morgan fingerprint density at radius 1 is 1.50 bits per heavy atom. The van der Waals surface area contributed by atoms with E-state index in [9.17, 15) is 4.79 Å². The zero-order chi connectivity index (χ0) is 12.5. The molecule has 0 spiro atoms. The van der Waals surface area contributed by atoms with Crippen molar-refractivity contribution in [2.24, 2.45) is 0 Å². The van der Waals surface area contributed by atoms with E-state index in [2.05, 4.69) is 23.5 Å². The normalized spacial score (nSPS) is 23.3. The Bertz CT molecular complexity index is 467. The van der Waals surface area contributed by atoms with Gasteiger partial charge in [0.2, 0.25) is 5.91 Å². The maximum atomic E-state index is 11.6. The van der Waals surface area contributed by atoms with Crippen LogP contribution in [0.2, 0.25) is 0 Å². The van der Waals surface area contributed by atoms with Crippen molar-refractivity contribution in [3.05, 3.63) is 29.3 Å². The first kappa shape index (κ1) is 11.7. The van der Waals surface area contributed by atoms with Crippen LogP contribution in [0.25, 0.3) is 0 Å². The summed E-state index contributed by atoms with van der Waals surface area (Å²) in [5.74, 6) is 0.182. The van der Waals surface area contributed by atoms with Crippen molar-refractivity contribution in [1.29, 1.82) is 0 Å². The van der Waals surface area contributed by atoms with E-state index < -0.39 is 0 Å². The molecule has 1 N–H and O–H groups in total. The summed E-state index contributed by atoms with van der Waals surface area (Å²) in [5.41, 5.74) is 3.48. The number of amides is 1. The highest BCUT2D eigenvalue weighted by molar-refractivity contribution is 6.00. The number of benzene rings is 1. The Morgan fingerprint density at radius 3 is 3.17 bits per heavy atom. The van der Waals surface area contributed by atoms with Crippen LogP contribution in [-0.4, -0.2) is 38.8 Å². The molecule has 18 heavy (non-hydrogen) atoms. The summed E-state index contributed by atoms with van der Waals surface area (Å²) in [4.78, 5) is 13.4. The molecule has 2 aliphatic heterocycles. The lowest BCUT2D eigenvalue weighted by atomic mass is 10.0. The summed E-state index contributed by atoms with van der Waals surface area (Å²) in [6, 6.07) is 6.72. The number of hydrogen-bond donors (Lipinski definition) is 1. The zero-order valence-corrected chi connectivity index (χ0v) is 10.6. The second-order valence-electron chi connectivity index (χ2n) is 5.02. The van der Waals surface area contributed by atoms with Crippen LogP contribution in [0.4, 0.5) is 5.69 Å². The number of carbonyl (C=O) groups is 1. The highest BCUT2D eigenvalue weighted by Crippen LogP contribution is 2.28. The first-order valence-corrected chi connectivity index (χ1v) is 6.43. The molecular formula is C14H18N2O2. The number of hydrogen-bond acceptors (Lipinski definition) is 3. The predicted molar refractivity (Wildman–Crippen MR) is 69.9 cm³/mol. The number of fused-ring (bicyclic) bond motifs is 1.